The van der Waals surface area contributed by atoms with E-state index in [0.717, 1.165) is 84.7 Å². The van der Waals surface area contributed by atoms with Crippen LogP contribution in [0.1, 0.15) is 119 Å². The van der Waals surface area contributed by atoms with Gasteiger partial charge in [0.05, 0.1) is 23.3 Å². The van der Waals surface area contributed by atoms with Gasteiger partial charge in [-0.25, -0.2) is 9.59 Å². The second-order valence-corrected chi connectivity index (χ2v) is 11.5. The van der Waals surface area contributed by atoms with E-state index in [-0.39, 0.29) is 36.4 Å². The molecule has 2 aromatic carbocycles. The Kier molecular flexibility index (Phi) is 11.2. The molecule has 4 atom stereocenters. The zero-order valence-corrected chi connectivity index (χ0v) is 25.3. The van der Waals surface area contributed by atoms with Gasteiger partial charge < -0.3 is 14.2 Å². The fourth-order valence-corrected chi connectivity index (χ4v) is 6.09. The Bertz CT molecular complexity index is 1010. The first-order valence-corrected chi connectivity index (χ1v) is 14.8. The van der Waals surface area contributed by atoms with Gasteiger partial charge in [0.25, 0.3) is 0 Å². The average Bonchev–Trinajstić information content (AvgIpc) is 3.33. The number of hydrogen-bond acceptors (Lipinski definition) is 5. The highest BCUT2D eigenvalue weighted by Crippen LogP contribution is 2.32. The number of ether oxygens (including phenoxy) is 3. The number of benzene rings is 2. The summed E-state index contributed by atoms with van der Waals surface area (Å²) in [5.41, 5.74) is 7.31. The second kappa shape index (κ2) is 14.1. The summed E-state index contributed by atoms with van der Waals surface area (Å²) >= 11 is 0. The molecular weight excluding hydrogens is 488 g/mol. The van der Waals surface area contributed by atoms with Crippen LogP contribution < -0.4 is 0 Å². The van der Waals surface area contributed by atoms with Crippen LogP contribution in [-0.4, -0.2) is 36.4 Å². The predicted molar refractivity (Wildman–Crippen MR) is 157 cm³/mol. The van der Waals surface area contributed by atoms with E-state index in [9.17, 15) is 9.59 Å². The van der Waals surface area contributed by atoms with Crippen LogP contribution in [0.3, 0.4) is 0 Å². The van der Waals surface area contributed by atoms with Gasteiger partial charge in [-0.1, -0.05) is 62.1 Å². The highest BCUT2D eigenvalue weighted by molar-refractivity contribution is 5.93. The van der Waals surface area contributed by atoms with Gasteiger partial charge in [0.1, 0.15) is 12.2 Å². The third kappa shape index (κ3) is 7.94. The van der Waals surface area contributed by atoms with Crippen LogP contribution in [0.15, 0.2) is 24.3 Å². The van der Waals surface area contributed by atoms with Crippen molar-refractivity contribution < 1.29 is 23.8 Å². The molecule has 0 saturated carbocycles. The SMILES string of the molecule is CCCC[C@@H](OC(=O)c1c(C)cc(C)cc1C)[C@H]1CC[C@H]([C@@H](CCCC)OC(=O)c2c(C)cc(C)cc2C)O1. The van der Waals surface area contributed by atoms with Crippen molar-refractivity contribution in [2.24, 2.45) is 0 Å². The van der Waals surface area contributed by atoms with Gasteiger partial charge in [0.15, 0.2) is 0 Å². The normalized spacial score (nSPS) is 18.6. The fraction of sp³-hybridized carbons (Fsp3) is 0.588. The van der Waals surface area contributed by atoms with Crippen LogP contribution in [0.25, 0.3) is 0 Å². The van der Waals surface area contributed by atoms with Crippen LogP contribution in [-0.2, 0) is 14.2 Å². The van der Waals surface area contributed by atoms with E-state index >= 15 is 0 Å². The number of unbranched alkanes of at least 4 members (excludes halogenated alkanes) is 2. The Hall–Kier alpha value is -2.66. The van der Waals surface area contributed by atoms with Gasteiger partial charge in [-0.05, 0) is 102 Å². The minimum atomic E-state index is -0.327. The Morgan fingerprint density at radius 2 is 1.03 bits per heavy atom. The minimum Gasteiger partial charge on any atom is -0.456 e. The van der Waals surface area contributed by atoms with Crippen molar-refractivity contribution in [1.82, 2.24) is 0 Å². The Balaban J connectivity index is 1.76. The molecule has 0 amide bonds. The summed E-state index contributed by atoms with van der Waals surface area (Å²) in [4.78, 5) is 26.7. The number of carbonyl (C=O) groups is 2. The Labute approximate surface area is 235 Å². The lowest BCUT2D eigenvalue weighted by atomic mass is 9.99. The molecule has 1 fully saturated rings. The number of carbonyl (C=O) groups excluding carboxylic acids is 2. The van der Waals surface area contributed by atoms with E-state index in [2.05, 4.69) is 13.8 Å². The van der Waals surface area contributed by atoms with Crippen LogP contribution in [0.2, 0.25) is 0 Å². The van der Waals surface area contributed by atoms with Gasteiger partial charge in [0.2, 0.25) is 0 Å². The van der Waals surface area contributed by atoms with E-state index in [4.69, 9.17) is 14.2 Å². The van der Waals surface area contributed by atoms with Crippen molar-refractivity contribution in [2.75, 3.05) is 0 Å². The lowest BCUT2D eigenvalue weighted by Gasteiger charge is -2.28. The molecule has 1 aliphatic heterocycles. The van der Waals surface area contributed by atoms with Crippen molar-refractivity contribution >= 4 is 11.9 Å². The van der Waals surface area contributed by atoms with E-state index in [1.165, 1.54) is 0 Å². The molecule has 0 radical (unpaired) electrons. The summed E-state index contributed by atoms with van der Waals surface area (Å²) in [6.45, 7) is 16.2. The molecule has 0 unspecified atom stereocenters. The molecular formula is C34H48O5. The zero-order chi connectivity index (χ0) is 28.7. The van der Waals surface area contributed by atoms with Crippen molar-refractivity contribution in [1.29, 1.82) is 0 Å². The molecule has 1 saturated heterocycles. The predicted octanol–water partition coefficient (Wildman–Crippen LogP) is 8.22. The first-order valence-electron chi connectivity index (χ1n) is 14.8. The highest BCUT2D eigenvalue weighted by atomic mass is 16.6. The van der Waals surface area contributed by atoms with Gasteiger partial charge in [-0.15, -0.1) is 0 Å². The van der Waals surface area contributed by atoms with Gasteiger partial charge >= 0.3 is 11.9 Å². The lowest BCUT2D eigenvalue weighted by molar-refractivity contribution is -0.0892. The maximum Gasteiger partial charge on any atom is 0.339 e. The molecule has 39 heavy (non-hydrogen) atoms. The largest absolute Gasteiger partial charge is 0.456 e. The maximum absolute atomic E-state index is 13.3. The van der Waals surface area contributed by atoms with Crippen LogP contribution in [0, 0.1) is 41.5 Å². The van der Waals surface area contributed by atoms with E-state index in [1.807, 2.05) is 65.8 Å². The molecule has 5 heteroatoms. The Morgan fingerprint density at radius 1 is 0.692 bits per heavy atom. The minimum absolute atomic E-state index is 0.206. The topological polar surface area (TPSA) is 61.8 Å². The quantitative estimate of drug-likeness (QED) is 0.256. The molecule has 3 rings (SSSR count). The summed E-state index contributed by atoms with van der Waals surface area (Å²) in [5, 5.41) is 0. The molecule has 0 aromatic heterocycles. The van der Waals surface area contributed by atoms with Gasteiger partial charge in [0, 0.05) is 0 Å². The van der Waals surface area contributed by atoms with Crippen molar-refractivity contribution in [3.63, 3.8) is 0 Å². The molecule has 214 valence electrons. The summed E-state index contributed by atoms with van der Waals surface area (Å²) < 4.78 is 18.9. The lowest BCUT2D eigenvalue weighted by Crippen LogP contribution is -2.36. The van der Waals surface area contributed by atoms with E-state index in [1.54, 1.807) is 0 Å². The molecule has 2 aromatic rings. The molecule has 5 nitrogen and oxygen atoms in total. The molecule has 0 aliphatic carbocycles. The molecule has 0 spiro atoms. The number of rotatable bonds is 12. The zero-order valence-electron chi connectivity index (χ0n) is 25.3. The summed E-state index contributed by atoms with van der Waals surface area (Å²) in [5.74, 6) is -0.560. The highest BCUT2D eigenvalue weighted by Gasteiger charge is 2.39. The van der Waals surface area contributed by atoms with Gasteiger partial charge in [-0.2, -0.15) is 0 Å². The monoisotopic (exact) mass is 536 g/mol. The van der Waals surface area contributed by atoms with Crippen molar-refractivity contribution in [3.8, 4) is 0 Å². The van der Waals surface area contributed by atoms with Crippen LogP contribution >= 0.6 is 0 Å². The summed E-state index contributed by atoms with van der Waals surface area (Å²) in [7, 11) is 0. The third-order valence-corrected chi connectivity index (χ3v) is 7.88. The number of hydrogen-bond donors (Lipinski definition) is 0. The third-order valence-electron chi connectivity index (χ3n) is 7.88. The smallest absolute Gasteiger partial charge is 0.339 e. The van der Waals surface area contributed by atoms with E-state index < -0.39 is 0 Å². The van der Waals surface area contributed by atoms with Gasteiger partial charge in [-0.3, -0.25) is 0 Å². The number of esters is 2. The van der Waals surface area contributed by atoms with Crippen LogP contribution in [0.5, 0.6) is 0 Å². The summed E-state index contributed by atoms with van der Waals surface area (Å²) in [6, 6.07) is 8.10. The first-order chi connectivity index (χ1) is 18.5. The molecule has 0 bridgehead atoms. The van der Waals surface area contributed by atoms with Crippen molar-refractivity contribution in [2.45, 2.75) is 131 Å². The molecule has 0 N–H and O–H groups in total. The maximum atomic E-state index is 13.3. The second-order valence-electron chi connectivity index (χ2n) is 11.5. The fourth-order valence-electron chi connectivity index (χ4n) is 6.09. The first kappa shape index (κ1) is 30.9. The van der Waals surface area contributed by atoms with Crippen LogP contribution in [0.4, 0.5) is 0 Å². The standard InChI is InChI=1S/C34H48O5/c1-9-11-13-27(38-33(35)31-23(5)17-21(3)18-24(31)6)29-15-16-30(37-29)28(14-12-10-2)39-34(36)32-25(7)19-22(4)20-26(32)8/h17-20,27-30H,9-16H2,1-8H3/t27-,28-,29-,30-/m1/s1. The molecule has 1 heterocycles. The summed E-state index contributed by atoms with van der Waals surface area (Å²) in [6.07, 6.45) is 5.93. The average molecular weight is 537 g/mol. The number of aryl methyl sites for hydroxylation is 6. The molecule has 1 aliphatic rings. The van der Waals surface area contributed by atoms with Crippen molar-refractivity contribution in [3.05, 3.63) is 68.8 Å². The Morgan fingerprint density at radius 3 is 1.33 bits per heavy atom. The van der Waals surface area contributed by atoms with E-state index in [0.29, 0.717) is 11.1 Å².